The van der Waals surface area contributed by atoms with Gasteiger partial charge in [-0.05, 0) is 48.9 Å². The highest BCUT2D eigenvalue weighted by atomic mass is 35.5. The van der Waals surface area contributed by atoms with Gasteiger partial charge in [-0.3, -0.25) is 4.79 Å². The molecule has 3 rings (SSSR count). The zero-order valence-electron chi connectivity index (χ0n) is 14.7. The van der Waals surface area contributed by atoms with Crippen LogP contribution in [0.2, 0.25) is 5.02 Å². The summed E-state index contributed by atoms with van der Waals surface area (Å²) in [5.41, 5.74) is -0.758. The summed E-state index contributed by atoms with van der Waals surface area (Å²) in [6.07, 6.45) is -3.32. The van der Waals surface area contributed by atoms with E-state index in [9.17, 15) is 26.7 Å². The lowest BCUT2D eigenvalue weighted by Crippen LogP contribution is -2.16. The number of carbonyl (C=O) groups is 1. The number of amides is 1. The Morgan fingerprint density at radius 2 is 1.69 bits per heavy atom. The van der Waals surface area contributed by atoms with E-state index in [0.717, 1.165) is 36.4 Å². The maximum absolute atomic E-state index is 13.7. The summed E-state index contributed by atoms with van der Waals surface area (Å²) in [5, 5.41) is 2.36. The third-order valence-electron chi connectivity index (χ3n) is 4.13. The fourth-order valence-corrected chi connectivity index (χ4v) is 2.93. The van der Waals surface area contributed by atoms with Crippen LogP contribution >= 0.6 is 11.6 Å². The molecule has 0 aliphatic heterocycles. The number of hydrogen-bond acceptors (Lipinski definition) is 2. The number of pyridine rings is 1. The molecular formula is C20H12ClF5N2O. The molecule has 3 aromatic rings. The van der Waals surface area contributed by atoms with Crippen molar-refractivity contribution in [1.29, 1.82) is 0 Å². The molecule has 1 heterocycles. The van der Waals surface area contributed by atoms with Crippen LogP contribution < -0.4 is 5.32 Å². The van der Waals surface area contributed by atoms with Crippen LogP contribution in [-0.4, -0.2) is 10.9 Å². The minimum atomic E-state index is -4.54. The van der Waals surface area contributed by atoms with Crippen molar-refractivity contribution in [2.45, 2.75) is 13.1 Å². The molecule has 150 valence electrons. The molecule has 1 aromatic heterocycles. The fourth-order valence-electron chi connectivity index (χ4n) is 2.71. The van der Waals surface area contributed by atoms with Gasteiger partial charge in [-0.1, -0.05) is 17.7 Å². The van der Waals surface area contributed by atoms with Crippen molar-refractivity contribution in [3.05, 3.63) is 82.0 Å². The summed E-state index contributed by atoms with van der Waals surface area (Å²) >= 11 is 6.04. The number of benzene rings is 2. The number of alkyl halides is 3. The van der Waals surface area contributed by atoms with Gasteiger partial charge in [0.2, 0.25) is 0 Å². The summed E-state index contributed by atoms with van der Waals surface area (Å²) in [6.45, 7) is 1.58. The van der Waals surface area contributed by atoms with Crippen LogP contribution in [0.1, 0.15) is 21.5 Å². The van der Waals surface area contributed by atoms with E-state index in [1.807, 2.05) is 0 Å². The smallest absolute Gasteiger partial charge is 0.306 e. The van der Waals surface area contributed by atoms with Gasteiger partial charge in [-0.2, -0.15) is 13.2 Å². The number of rotatable bonds is 3. The predicted molar refractivity (Wildman–Crippen MR) is 98.7 cm³/mol. The normalized spacial score (nSPS) is 11.4. The van der Waals surface area contributed by atoms with Crippen molar-refractivity contribution in [2.24, 2.45) is 0 Å². The van der Waals surface area contributed by atoms with Gasteiger partial charge in [-0.25, -0.2) is 13.8 Å². The van der Waals surface area contributed by atoms with Crippen molar-refractivity contribution >= 4 is 23.3 Å². The Hall–Kier alpha value is -3.00. The SMILES string of the molecule is Cc1cc(NC(=O)c2c(F)cccc2F)ncc1-c1cc(C(F)(F)F)ccc1Cl. The van der Waals surface area contributed by atoms with Gasteiger partial charge in [0.1, 0.15) is 23.0 Å². The third-order valence-corrected chi connectivity index (χ3v) is 4.46. The van der Waals surface area contributed by atoms with Gasteiger partial charge in [0.15, 0.2) is 0 Å². The molecule has 0 radical (unpaired) electrons. The maximum Gasteiger partial charge on any atom is 0.416 e. The van der Waals surface area contributed by atoms with Crippen molar-refractivity contribution in [1.82, 2.24) is 4.98 Å². The number of anilines is 1. The Balaban J connectivity index is 1.93. The first-order chi connectivity index (χ1) is 13.6. The van der Waals surface area contributed by atoms with E-state index in [-0.39, 0.29) is 16.4 Å². The first-order valence-electron chi connectivity index (χ1n) is 8.17. The van der Waals surface area contributed by atoms with E-state index in [1.165, 1.54) is 12.3 Å². The second-order valence-electron chi connectivity index (χ2n) is 6.13. The van der Waals surface area contributed by atoms with E-state index in [0.29, 0.717) is 11.1 Å². The standard InChI is InChI=1S/C20H12ClF5N2O/c1-10-7-17(28-19(29)18-15(22)3-2-4-16(18)23)27-9-13(10)12-8-11(20(24,25)26)5-6-14(12)21/h2-9H,1H3,(H,27,28,29). The lowest BCUT2D eigenvalue weighted by atomic mass is 10.0. The summed E-state index contributed by atoms with van der Waals surface area (Å²) in [4.78, 5) is 16.1. The quantitative estimate of drug-likeness (QED) is 0.502. The van der Waals surface area contributed by atoms with Crippen LogP contribution in [0.25, 0.3) is 11.1 Å². The number of hydrogen-bond donors (Lipinski definition) is 1. The van der Waals surface area contributed by atoms with Gasteiger partial charge in [0, 0.05) is 22.3 Å². The molecule has 0 aliphatic carbocycles. The van der Waals surface area contributed by atoms with E-state index in [4.69, 9.17) is 11.6 Å². The van der Waals surface area contributed by atoms with Gasteiger partial charge in [-0.15, -0.1) is 0 Å². The number of aromatic nitrogens is 1. The molecule has 0 saturated carbocycles. The number of nitrogens with zero attached hydrogens (tertiary/aromatic N) is 1. The highest BCUT2D eigenvalue weighted by Gasteiger charge is 2.31. The average Bonchev–Trinajstić information content (AvgIpc) is 2.61. The molecule has 0 atom stereocenters. The number of aryl methyl sites for hydroxylation is 1. The van der Waals surface area contributed by atoms with Crippen LogP contribution in [0, 0.1) is 18.6 Å². The Kier molecular flexibility index (Phi) is 5.57. The fraction of sp³-hybridized carbons (Fsp3) is 0.100. The second kappa shape index (κ2) is 7.79. The summed E-state index contributed by atoms with van der Waals surface area (Å²) in [6, 6.07) is 7.27. The molecule has 0 unspecified atom stereocenters. The van der Waals surface area contributed by atoms with Crippen LogP contribution in [0.3, 0.4) is 0 Å². The van der Waals surface area contributed by atoms with E-state index in [1.54, 1.807) is 6.92 Å². The Morgan fingerprint density at radius 1 is 1.03 bits per heavy atom. The monoisotopic (exact) mass is 426 g/mol. The summed E-state index contributed by atoms with van der Waals surface area (Å²) in [5.74, 6) is -3.14. The van der Waals surface area contributed by atoms with Crippen LogP contribution in [-0.2, 0) is 6.18 Å². The highest BCUT2D eigenvalue weighted by molar-refractivity contribution is 6.33. The van der Waals surface area contributed by atoms with Crippen LogP contribution in [0.15, 0.2) is 48.7 Å². The van der Waals surface area contributed by atoms with E-state index in [2.05, 4.69) is 10.3 Å². The third kappa shape index (κ3) is 4.37. The van der Waals surface area contributed by atoms with E-state index >= 15 is 0 Å². The Bertz CT molecular complexity index is 1080. The Labute approximate surface area is 167 Å². The van der Waals surface area contributed by atoms with Crippen molar-refractivity contribution in [3.8, 4) is 11.1 Å². The largest absolute Gasteiger partial charge is 0.416 e. The highest BCUT2D eigenvalue weighted by Crippen LogP contribution is 2.37. The maximum atomic E-state index is 13.7. The topological polar surface area (TPSA) is 42.0 Å². The predicted octanol–water partition coefficient (Wildman–Crippen LogP) is 6.26. The molecule has 0 fully saturated rings. The average molecular weight is 427 g/mol. The number of halogens is 6. The molecule has 3 nitrogen and oxygen atoms in total. The molecule has 0 saturated heterocycles. The summed E-state index contributed by atoms with van der Waals surface area (Å²) in [7, 11) is 0. The molecule has 0 spiro atoms. The van der Waals surface area contributed by atoms with Crippen molar-refractivity contribution < 1.29 is 26.7 Å². The molecule has 2 aromatic carbocycles. The van der Waals surface area contributed by atoms with Gasteiger partial charge >= 0.3 is 6.18 Å². The molecule has 1 N–H and O–H groups in total. The molecule has 29 heavy (non-hydrogen) atoms. The zero-order chi connectivity index (χ0) is 21.3. The van der Waals surface area contributed by atoms with Crippen molar-refractivity contribution in [3.63, 3.8) is 0 Å². The van der Waals surface area contributed by atoms with Gasteiger partial charge in [0.05, 0.1) is 5.56 Å². The first-order valence-corrected chi connectivity index (χ1v) is 8.55. The minimum absolute atomic E-state index is 0.0259. The minimum Gasteiger partial charge on any atom is -0.306 e. The second-order valence-corrected chi connectivity index (χ2v) is 6.53. The lowest BCUT2D eigenvalue weighted by Gasteiger charge is -2.13. The zero-order valence-corrected chi connectivity index (χ0v) is 15.5. The Morgan fingerprint density at radius 3 is 2.28 bits per heavy atom. The molecule has 0 bridgehead atoms. The number of carbonyl (C=O) groups excluding carboxylic acids is 1. The molecule has 9 heteroatoms. The van der Waals surface area contributed by atoms with Crippen LogP contribution in [0.5, 0.6) is 0 Å². The van der Waals surface area contributed by atoms with Gasteiger partial charge in [0.25, 0.3) is 5.91 Å². The first kappa shape index (κ1) is 20.7. The van der Waals surface area contributed by atoms with Gasteiger partial charge < -0.3 is 5.32 Å². The number of nitrogens with one attached hydrogen (secondary N) is 1. The lowest BCUT2D eigenvalue weighted by molar-refractivity contribution is -0.137. The molecule has 0 aliphatic rings. The molecular weight excluding hydrogens is 415 g/mol. The molecule has 1 amide bonds. The summed E-state index contributed by atoms with van der Waals surface area (Å²) < 4.78 is 66.4. The van der Waals surface area contributed by atoms with Crippen molar-refractivity contribution in [2.75, 3.05) is 5.32 Å². The van der Waals surface area contributed by atoms with Crippen LogP contribution in [0.4, 0.5) is 27.8 Å². The van der Waals surface area contributed by atoms with E-state index < -0.39 is 34.8 Å².